The fourth-order valence-corrected chi connectivity index (χ4v) is 3.86. The highest BCUT2D eigenvalue weighted by atomic mass is 32.1. The van der Waals surface area contributed by atoms with Crippen molar-refractivity contribution in [2.24, 2.45) is 5.92 Å². The monoisotopic (exact) mass is 371 g/mol. The van der Waals surface area contributed by atoms with E-state index in [4.69, 9.17) is 0 Å². The standard InChI is InChI=1S/C20H25N3O2S/c1-15(19(24)21-14-18-8-5-13-26-18)23-11-9-16(10-12-23)20(25)22-17-6-3-2-4-7-17/h2-8,13,15-16H,9-12,14H2,1H3,(H,21,24)(H,22,25)/t15-/m0/s1. The molecular weight excluding hydrogens is 346 g/mol. The molecular formula is C20H25N3O2S. The maximum Gasteiger partial charge on any atom is 0.237 e. The Balaban J connectivity index is 1.43. The van der Waals surface area contributed by atoms with Crippen LogP contribution < -0.4 is 10.6 Å². The molecule has 0 spiro atoms. The summed E-state index contributed by atoms with van der Waals surface area (Å²) in [7, 11) is 0. The van der Waals surface area contributed by atoms with Crippen molar-refractivity contribution < 1.29 is 9.59 Å². The molecule has 1 aromatic carbocycles. The number of para-hydroxylation sites is 1. The number of hydrogen-bond acceptors (Lipinski definition) is 4. The number of piperidine rings is 1. The summed E-state index contributed by atoms with van der Waals surface area (Å²) in [4.78, 5) is 28.1. The number of nitrogens with zero attached hydrogens (tertiary/aromatic N) is 1. The van der Waals surface area contributed by atoms with Gasteiger partial charge in [0, 0.05) is 16.5 Å². The largest absolute Gasteiger partial charge is 0.350 e. The number of anilines is 1. The molecule has 26 heavy (non-hydrogen) atoms. The lowest BCUT2D eigenvalue weighted by atomic mass is 9.94. The van der Waals surface area contributed by atoms with Crippen molar-refractivity contribution in [2.75, 3.05) is 18.4 Å². The van der Waals surface area contributed by atoms with Gasteiger partial charge in [0.05, 0.1) is 12.6 Å². The average Bonchev–Trinajstić information content (AvgIpc) is 3.20. The molecule has 2 aromatic rings. The zero-order valence-electron chi connectivity index (χ0n) is 15.0. The van der Waals surface area contributed by atoms with Gasteiger partial charge in [-0.25, -0.2) is 0 Å². The molecule has 1 aliphatic heterocycles. The first-order chi connectivity index (χ1) is 12.6. The average molecular weight is 372 g/mol. The summed E-state index contributed by atoms with van der Waals surface area (Å²) in [5, 5.41) is 7.99. The lowest BCUT2D eigenvalue weighted by Crippen LogP contribution is -2.49. The zero-order valence-corrected chi connectivity index (χ0v) is 15.8. The van der Waals surface area contributed by atoms with Crippen molar-refractivity contribution in [3.8, 4) is 0 Å². The number of nitrogens with one attached hydrogen (secondary N) is 2. The quantitative estimate of drug-likeness (QED) is 0.820. The predicted octanol–water partition coefficient (Wildman–Crippen LogP) is 3.10. The molecule has 2 heterocycles. The minimum absolute atomic E-state index is 0.00726. The maximum atomic E-state index is 12.4. The van der Waals surface area contributed by atoms with Crippen LogP contribution in [0.4, 0.5) is 5.69 Å². The van der Waals surface area contributed by atoms with Gasteiger partial charge in [0.25, 0.3) is 0 Å². The summed E-state index contributed by atoms with van der Waals surface area (Å²) < 4.78 is 0. The highest BCUT2D eigenvalue weighted by molar-refractivity contribution is 7.09. The number of thiophene rings is 1. The number of likely N-dealkylation sites (tertiary alicyclic amines) is 1. The van der Waals surface area contributed by atoms with Crippen LogP contribution in [0.1, 0.15) is 24.6 Å². The van der Waals surface area contributed by atoms with E-state index in [2.05, 4.69) is 15.5 Å². The van der Waals surface area contributed by atoms with Gasteiger partial charge in [-0.05, 0) is 56.4 Å². The van der Waals surface area contributed by atoms with Crippen molar-refractivity contribution in [2.45, 2.75) is 32.4 Å². The second-order valence-electron chi connectivity index (χ2n) is 6.64. The van der Waals surface area contributed by atoms with Crippen LogP contribution >= 0.6 is 11.3 Å². The molecule has 138 valence electrons. The van der Waals surface area contributed by atoms with Crippen molar-refractivity contribution in [1.82, 2.24) is 10.2 Å². The molecule has 1 aromatic heterocycles. The van der Waals surface area contributed by atoms with Gasteiger partial charge in [-0.3, -0.25) is 14.5 Å². The Labute approximate surface area is 158 Å². The predicted molar refractivity (Wildman–Crippen MR) is 105 cm³/mol. The summed E-state index contributed by atoms with van der Waals surface area (Å²) in [6.07, 6.45) is 1.56. The molecule has 2 N–H and O–H groups in total. The van der Waals surface area contributed by atoms with E-state index >= 15 is 0 Å². The van der Waals surface area contributed by atoms with Gasteiger partial charge in [-0.2, -0.15) is 0 Å². The van der Waals surface area contributed by atoms with Crippen molar-refractivity contribution in [3.63, 3.8) is 0 Å². The molecule has 0 unspecified atom stereocenters. The molecule has 0 saturated carbocycles. The Morgan fingerprint density at radius 3 is 2.54 bits per heavy atom. The first-order valence-corrected chi connectivity index (χ1v) is 9.91. The van der Waals surface area contributed by atoms with E-state index in [1.165, 1.54) is 0 Å². The van der Waals surface area contributed by atoms with Crippen molar-refractivity contribution in [3.05, 3.63) is 52.7 Å². The van der Waals surface area contributed by atoms with E-state index in [-0.39, 0.29) is 23.8 Å². The summed E-state index contributed by atoms with van der Waals surface area (Å²) in [5.74, 6) is 0.129. The second kappa shape index (κ2) is 8.96. The number of rotatable bonds is 6. The number of hydrogen-bond donors (Lipinski definition) is 2. The molecule has 1 aliphatic rings. The summed E-state index contributed by atoms with van der Waals surface area (Å²) in [5.41, 5.74) is 0.834. The molecule has 5 nitrogen and oxygen atoms in total. The smallest absolute Gasteiger partial charge is 0.237 e. The lowest BCUT2D eigenvalue weighted by Gasteiger charge is -2.34. The van der Waals surface area contributed by atoms with Gasteiger partial charge in [0.15, 0.2) is 0 Å². The minimum Gasteiger partial charge on any atom is -0.350 e. The normalized spacial score (nSPS) is 16.8. The molecule has 3 rings (SSSR count). The van der Waals surface area contributed by atoms with E-state index in [1.54, 1.807) is 11.3 Å². The summed E-state index contributed by atoms with van der Waals surface area (Å²) >= 11 is 1.64. The SMILES string of the molecule is C[C@@H](C(=O)NCc1cccs1)N1CCC(C(=O)Nc2ccccc2)CC1. The zero-order chi connectivity index (χ0) is 18.4. The Bertz CT molecular complexity index is 710. The molecule has 2 amide bonds. The Hall–Kier alpha value is -2.18. The van der Waals surface area contributed by atoms with Gasteiger partial charge in [0.2, 0.25) is 11.8 Å². The Kier molecular flexibility index (Phi) is 6.41. The molecule has 6 heteroatoms. The van der Waals surface area contributed by atoms with Gasteiger partial charge in [-0.1, -0.05) is 24.3 Å². The van der Waals surface area contributed by atoms with Crippen LogP contribution in [-0.4, -0.2) is 35.8 Å². The topological polar surface area (TPSA) is 61.4 Å². The third-order valence-corrected chi connectivity index (χ3v) is 5.76. The van der Waals surface area contributed by atoms with Gasteiger partial charge in [-0.15, -0.1) is 11.3 Å². The minimum atomic E-state index is -0.173. The van der Waals surface area contributed by atoms with Crippen LogP contribution in [0.2, 0.25) is 0 Å². The van der Waals surface area contributed by atoms with Crippen LogP contribution in [0.3, 0.4) is 0 Å². The Morgan fingerprint density at radius 1 is 1.15 bits per heavy atom. The molecule has 1 fully saturated rings. The highest BCUT2D eigenvalue weighted by Gasteiger charge is 2.29. The van der Waals surface area contributed by atoms with E-state index in [0.717, 1.165) is 36.5 Å². The van der Waals surface area contributed by atoms with E-state index in [9.17, 15) is 9.59 Å². The number of benzene rings is 1. The van der Waals surface area contributed by atoms with Gasteiger partial charge < -0.3 is 10.6 Å². The molecule has 0 bridgehead atoms. The number of carbonyl (C=O) groups is 2. The first-order valence-electron chi connectivity index (χ1n) is 9.03. The Morgan fingerprint density at radius 2 is 1.88 bits per heavy atom. The molecule has 0 radical (unpaired) electrons. The third kappa shape index (κ3) is 4.93. The fraction of sp³-hybridized carbons (Fsp3) is 0.400. The molecule has 1 saturated heterocycles. The van der Waals surface area contributed by atoms with E-state index in [1.807, 2.05) is 54.8 Å². The van der Waals surface area contributed by atoms with Crippen LogP contribution in [0, 0.1) is 5.92 Å². The summed E-state index contributed by atoms with van der Waals surface area (Å²) in [6, 6.07) is 13.4. The lowest BCUT2D eigenvalue weighted by molar-refractivity contribution is -0.127. The first kappa shape index (κ1) is 18.6. The number of carbonyl (C=O) groups excluding carboxylic acids is 2. The highest BCUT2D eigenvalue weighted by Crippen LogP contribution is 2.21. The van der Waals surface area contributed by atoms with Gasteiger partial charge in [0.1, 0.15) is 0 Å². The summed E-state index contributed by atoms with van der Waals surface area (Å²) in [6.45, 7) is 4.05. The molecule has 0 aliphatic carbocycles. The van der Waals surface area contributed by atoms with E-state index < -0.39 is 0 Å². The van der Waals surface area contributed by atoms with E-state index in [0.29, 0.717) is 6.54 Å². The van der Waals surface area contributed by atoms with Crippen LogP contribution in [0.5, 0.6) is 0 Å². The van der Waals surface area contributed by atoms with Crippen molar-refractivity contribution in [1.29, 1.82) is 0 Å². The van der Waals surface area contributed by atoms with Crippen LogP contribution in [0.25, 0.3) is 0 Å². The fourth-order valence-electron chi connectivity index (χ4n) is 3.22. The van der Waals surface area contributed by atoms with Crippen LogP contribution in [0.15, 0.2) is 47.8 Å². The van der Waals surface area contributed by atoms with Crippen LogP contribution in [-0.2, 0) is 16.1 Å². The number of amides is 2. The maximum absolute atomic E-state index is 12.4. The van der Waals surface area contributed by atoms with Gasteiger partial charge >= 0.3 is 0 Å². The second-order valence-corrected chi connectivity index (χ2v) is 7.67. The molecule has 1 atom stereocenters. The van der Waals surface area contributed by atoms with Crippen molar-refractivity contribution >= 4 is 28.8 Å². The third-order valence-electron chi connectivity index (χ3n) is 4.89.